The molecule has 0 aliphatic carbocycles. The van der Waals surface area contributed by atoms with Crippen LogP contribution in [0.1, 0.15) is 15.2 Å². The maximum atomic E-state index is 11.6. The van der Waals surface area contributed by atoms with Gasteiger partial charge in [0.15, 0.2) is 5.75 Å². The number of benzene rings is 1. The zero-order chi connectivity index (χ0) is 15.4. The van der Waals surface area contributed by atoms with Crippen molar-refractivity contribution in [1.29, 1.82) is 0 Å². The zero-order valence-corrected chi connectivity index (χ0v) is 11.9. The van der Waals surface area contributed by atoms with E-state index in [4.69, 9.17) is 11.6 Å². The summed E-state index contributed by atoms with van der Waals surface area (Å²) in [5.41, 5.74) is 2.29. The second kappa shape index (κ2) is 6.33. The summed E-state index contributed by atoms with van der Waals surface area (Å²) in [5, 5.41) is 23.7. The number of nitro groups is 1. The quantitative estimate of drug-likeness (QED) is 0.512. The van der Waals surface area contributed by atoms with Crippen LogP contribution >= 0.6 is 22.9 Å². The van der Waals surface area contributed by atoms with Crippen molar-refractivity contribution in [1.82, 2.24) is 5.43 Å². The van der Waals surface area contributed by atoms with Crippen LogP contribution in [0.15, 0.2) is 35.4 Å². The highest BCUT2D eigenvalue weighted by Gasteiger charge is 2.12. The highest BCUT2D eigenvalue weighted by molar-refractivity contribution is 7.17. The first-order valence-electron chi connectivity index (χ1n) is 5.53. The number of rotatable bonds is 4. The van der Waals surface area contributed by atoms with Gasteiger partial charge in [0, 0.05) is 6.07 Å². The smallest absolute Gasteiger partial charge is 0.310 e. The van der Waals surface area contributed by atoms with Crippen LogP contribution in [0.5, 0.6) is 5.75 Å². The number of nitrogens with zero attached hydrogens (tertiary/aromatic N) is 2. The van der Waals surface area contributed by atoms with Crippen LogP contribution in [-0.2, 0) is 0 Å². The minimum absolute atomic E-state index is 0.399. The Morgan fingerprint density at radius 1 is 1.43 bits per heavy atom. The SMILES string of the molecule is O=C(NN=Cc1ccc([N+](=O)[O-])c(O)c1)c1ccc(Cl)s1. The molecule has 2 aromatic rings. The molecule has 1 aromatic carbocycles. The van der Waals surface area contributed by atoms with E-state index in [1.54, 1.807) is 12.1 Å². The van der Waals surface area contributed by atoms with E-state index < -0.39 is 22.3 Å². The molecule has 0 radical (unpaired) electrons. The molecule has 0 saturated heterocycles. The summed E-state index contributed by atoms with van der Waals surface area (Å²) < 4.78 is 0.490. The molecule has 1 amide bonds. The van der Waals surface area contributed by atoms with Crippen LogP contribution in [-0.4, -0.2) is 22.2 Å². The Hall–Kier alpha value is -2.45. The average molecular weight is 326 g/mol. The zero-order valence-electron chi connectivity index (χ0n) is 10.3. The molecule has 0 spiro atoms. The minimum Gasteiger partial charge on any atom is -0.502 e. The summed E-state index contributed by atoms with van der Waals surface area (Å²) >= 11 is 6.82. The fraction of sp³-hybridized carbons (Fsp3) is 0. The predicted molar refractivity (Wildman–Crippen MR) is 79.2 cm³/mol. The van der Waals surface area contributed by atoms with Gasteiger partial charge < -0.3 is 5.11 Å². The molecule has 1 heterocycles. The number of thiophene rings is 1. The van der Waals surface area contributed by atoms with E-state index in [1.165, 1.54) is 18.3 Å². The molecule has 9 heteroatoms. The third-order valence-corrected chi connectivity index (χ3v) is 3.60. The number of hydrazone groups is 1. The van der Waals surface area contributed by atoms with Crippen molar-refractivity contribution in [2.24, 2.45) is 5.10 Å². The van der Waals surface area contributed by atoms with E-state index in [-0.39, 0.29) is 0 Å². The molecule has 2 N–H and O–H groups in total. The lowest BCUT2D eigenvalue weighted by atomic mass is 10.2. The number of nitro benzene ring substituents is 1. The van der Waals surface area contributed by atoms with Crippen molar-refractivity contribution < 1.29 is 14.8 Å². The molecule has 0 bridgehead atoms. The van der Waals surface area contributed by atoms with E-state index in [0.717, 1.165) is 17.4 Å². The predicted octanol–water partition coefficient (Wildman–Crippen LogP) is 2.78. The molecule has 0 aliphatic heterocycles. The first-order chi connectivity index (χ1) is 9.97. The summed E-state index contributed by atoms with van der Waals surface area (Å²) in [5.74, 6) is -0.894. The van der Waals surface area contributed by atoms with E-state index in [1.807, 2.05) is 0 Å². The number of carbonyl (C=O) groups is 1. The molecular formula is C12H8ClN3O4S. The molecule has 108 valence electrons. The number of halogens is 1. The lowest BCUT2D eigenvalue weighted by molar-refractivity contribution is -0.385. The Morgan fingerprint density at radius 2 is 2.19 bits per heavy atom. The van der Waals surface area contributed by atoms with E-state index in [2.05, 4.69) is 10.5 Å². The van der Waals surface area contributed by atoms with Crippen molar-refractivity contribution >= 4 is 40.7 Å². The van der Waals surface area contributed by atoms with Gasteiger partial charge in [0.2, 0.25) is 0 Å². The first-order valence-corrected chi connectivity index (χ1v) is 6.73. The molecule has 0 fully saturated rings. The molecule has 0 unspecified atom stereocenters. The van der Waals surface area contributed by atoms with Crippen molar-refractivity contribution in [2.75, 3.05) is 0 Å². The fourth-order valence-electron chi connectivity index (χ4n) is 1.43. The van der Waals surface area contributed by atoms with Gasteiger partial charge in [-0.15, -0.1) is 11.3 Å². The molecule has 0 aliphatic rings. The molecule has 1 aromatic heterocycles. The summed E-state index contributed by atoms with van der Waals surface area (Å²) in [6, 6.07) is 6.89. The van der Waals surface area contributed by atoms with Gasteiger partial charge in [-0.1, -0.05) is 11.6 Å². The Balaban J connectivity index is 2.03. The Bertz CT molecular complexity index is 729. The van der Waals surface area contributed by atoms with E-state index >= 15 is 0 Å². The van der Waals surface area contributed by atoms with Crippen molar-refractivity contribution in [3.8, 4) is 5.75 Å². The van der Waals surface area contributed by atoms with Crippen LogP contribution in [0.25, 0.3) is 0 Å². The number of amides is 1. The minimum atomic E-state index is -0.696. The second-order valence-corrected chi connectivity index (χ2v) is 5.52. The van der Waals surface area contributed by atoms with Gasteiger partial charge in [-0.25, -0.2) is 5.43 Å². The Labute approximate surface area is 127 Å². The van der Waals surface area contributed by atoms with Crippen LogP contribution in [0.3, 0.4) is 0 Å². The average Bonchev–Trinajstić information content (AvgIpc) is 2.85. The van der Waals surface area contributed by atoms with Gasteiger partial charge in [-0.2, -0.15) is 5.10 Å². The van der Waals surface area contributed by atoms with Gasteiger partial charge in [0.05, 0.1) is 20.4 Å². The third-order valence-electron chi connectivity index (χ3n) is 2.37. The van der Waals surface area contributed by atoms with E-state index in [0.29, 0.717) is 14.8 Å². The number of phenolic OH excluding ortho intramolecular Hbond substituents is 1. The maximum absolute atomic E-state index is 11.6. The summed E-state index contributed by atoms with van der Waals surface area (Å²) in [4.78, 5) is 21.9. The van der Waals surface area contributed by atoms with Gasteiger partial charge in [-0.3, -0.25) is 14.9 Å². The number of hydrogen-bond acceptors (Lipinski definition) is 6. The highest BCUT2D eigenvalue weighted by atomic mass is 35.5. The molecule has 2 rings (SSSR count). The molecule has 7 nitrogen and oxygen atoms in total. The monoisotopic (exact) mass is 325 g/mol. The van der Waals surface area contributed by atoms with Crippen molar-refractivity contribution in [2.45, 2.75) is 0 Å². The standard InChI is InChI=1S/C12H8ClN3O4S/c13-11-4-3-10(21-11)12(18)15-14-6-7-1-2-8(16(19)20)9(17)5-7/h1-6,17H,(H,15,18). The number of carbonyl (C=O) groups excluding carboxylic acids is 1. The van der Waals surface area contributed by atoms with Gasteiger partial charge >= 0.3 is 5.69 Å². The molecule has 0 saturated carbocycles. The molecule has 0 atom stereocenters. The van der Waals surface area contributed by atoms with Crippen LogP contribution in [0.4, 0.5) is 5.69 Å². The Morgan fingerprint density at radius 3 is 2.76 bits per heavy atom. The third kappa shape index (κ3) is 3.77. The van der Waals surface area contributed by atoms with Crippen molar-refractivity contribution in [3.05, 3.63) is 55.2 Å². The first kappa shape index (κ1) is 14.9. The number of nitrogens with one attached hydrogen (secondary N) is 1. The highest BCUT2D eigenvalue weighted by Crippen LogP contribution is 2.25. The lowest BCUT2D eigenvalue weighted by Gasteiger charge is -1.98. The summed E-state index contributed by atoms with van der Waals surface area (Å²) in [7, 11) is 0. The Kier molecular flexibility index (Phi) is 4.51. The second-order valence-electron chi connectivity index (χ2n) is 3.81. The van der Waals surface area contributed by atoms with Gasteiger partial charge in [-0.05, 0) is 29.8 Å². The summed E-state index contributed by atoms with van der Waals surface area (Å²) in [6.45, 7) is 0. The van der Waals surface area contributed by atoms with Gasteiger partial charge in [0.25, 0.3) is 5.91 Å². The summed E-state index contributed by atoms with van der Waals surface area (Å²) in [6.07, 6.45) is 1.26. The van der Waals surface area contributed by atoms with E-state index in [9.17, 15) is 20.0 Å². The number of hydrogen-bond donors (Lipinski definition) is 2. The maximum Gasteiger partial charge on any atom is 0.310 e. The largest absolute Gasteiger partial charge is 0.502 e. The number of aromatic hydroxyl groups is 1. The topological polar surface area (TPSA) is 105 Å². The molecule has 21 heavy (non-hydrogen) atoms. The lowest BCUT2D eigenvalue weighted by Crippen LogP contribution is -2.16. The van der Waals surface area contributed by atoms with Crippen LogP contribution in [0, 0.1) is 10.1 Å². The van der Waals surface area contributed by atoms with Gasteiger partial charge in [0.1, 0.15) is 0 Å². The fourth-order valence-corrected chi connectivity index (χ4v) is 2.36. The van der Waals surface area contributed by atoms with Crippen LogP contribution in [0.2, 0.25) is 4.34 Å². The van der Waals surface area contributed by atoms with Crippen molar-refractivity contribution in [3.63, 3.8) is 0 Å². The number of phenols is 1. The molecular weight excluding hydrogens is 318 g/mol. The normalized spacial score (nSPS) is 10.7. The van der Waals surface area contributed by atoms with Crippen LogP contribution < -0.4 is 5.43 Å².